The van der Waals surface area contributed by atoms with Crippen molar-refractivity contribution < 1.29 is 17.9 Å². The molecular formula is C18H17ClN2O4S. The molecule has 0 heterocycles. The minimum Gasteiger partial charge on any atom is -0.447 e. The summed E-state index contributed by atoms with van der Waals surface area (Å²) in [5.41, 5.74) is 0.551. The van der Waals surface area contributed by atoms with Crippen molar-refractivity contribution in [2.24, 2.45) is 0 Å². The van der Waals surface area contributed by atoms with Gasteiger partial charge in [0.25, 0.3) is 0 Å². The number of sulfonamides is 1. The Morgan fingerprint density at radius 1 is 1.19 bits per heavy atom. The average Bonchev–Trinajstić information content (AvgIpc) is 2.62. The number of ether oxygens (including phenoxy) is 1. The number of hydrogen-bond acceptors (Lipinski definition) is 5. The molecule has 2 atom stereocenters. The Kier molecular flexibility index (Phi) is 6.75. The van der Waals surface area contributed by atoms with Gasteiger partial charge >= 0.3 is 5.97 Å². The Morgan fingerprint density at radius 3 is 2.38 bits per heavy atom. The van der Waals surface area contributed by atoms with Gasteiger partial charge in [0.05, 0.1) is 17.4 Å². The molecule has 0 saturated heterocycles. The lowest BCUT2D eigenvalue weighted by Gasteiger charge is -2.19. The van der Waals surface area contributed by atoms with Crippen LogP contribution in [-0.2, 0) is 19.6 Å². The van der Waals surface area contributed by atoms with Crippen molar-refractivity contribution in [3.8, 4) is 6.07 Å². The van der Waals surface area contributed by atoms with Crippen LogP contribution in [0.4, 0.5) is 0 Å². The molecule has 2 rings (SSSR count). The lowest BCUT2D eigenvalue weighted by molar-refractivity contribution is -0.146. The molecular weight excluding hydrogens is 376 g/mol. The molecule has 1 N–H and O–H groups in total. The van der Waals surface area contributed by atoms with E-state index in [0.29, 0.717) is 10.6 Å². The average molecular weight is 393 g/mol. The second-order valence-electron chi connectivity index (χ2n) is 5.50. The third-order valence-corrected chi connectivity index (χ3v) is 5.22. The third-order valence-electron chi connectivity index (χ3n) is 3.48. The van der Waals surface area contributed by atoms with E-state index in [1.54, 1.807) is 48.5 Å². The maximum atomic E-state index is 12.6. The maximum Gasteiger partial charge on any atom is 0.309 e. The number of benzene rings is 2. The van der Waals surface area contributed by atoms with E-state index in [-0.39, 0.29) is 11.3 Å². The minimum absolute atomic E-state index is 0.0812. The molecule has 0 aliphatic rings. The Morgan fingerprint density at radius 2 is 1.81 bits per heavy atom. The van der Waals surface area contributed by atoms with Crippen molar-refractivity contribution >= 4 is 27.6 Å². The van der Waals surface area contributed by atoms with Crippen LogP contribution in [0.2, 0.25) is 5.02 Å². The first-order valence-electron chi connectivity index (χ1n) is 7.74. The molecule has 0 amide bonds. The second kappa shape index (κ2) is 8.81. The number of rotatable bonds is 7. The van der Waals surface area contributed by atoms with Crippen LogP contribution in [0.15, 0.2) is 59.5 Å². The van der Waals surface area contributed by atoms with Crippen molar-refractivity contribution in [3.63, 3.8) is 0 Å². The Balaban J connectivity index is 2.27. The Bertz CT molecular complexity index is 893. The molecule has 136 valence electrons. The molecule has 0 aliphatic carbocycles. The van der Waals surface area contributed by atoms with Gasteiger partial charge in [-0.3, -0.25) is 4.79 Å². The first-order valence-corrected chi connectivity index (χ1v) is 9.60. The topological polar surface area (TPSA) is 96.3 Å². The van der Waals surface area contributed by atoms with Crippen molar-refractivity contribution in [2.75, 3.05) is 0 Å². The van der Waals surface area contributed by atoms with Gasteiger partial charge in [-0.1, -0.05) is 41.9 Å². The third kappa shape index (κ3) is 5.56. The lowest BCUT2D eigenvalue weighted by atomic mass is 10.1. The van der Waals surface area contributed by atoms with Crippen LogP contribution in [0, 0.1) is 11.3 Å². The molecule has 0 fully saturated rings. The first kappa shape index (κ1) is 19.9. The molecule has 26 heavy (non-hydrogen) atoms. The van der Waals surface area contributed by atoms with Crippen LogP contribution in [0.3, 0.4) is 0 Å². The van der Waals surface area contributed by atoms with Crippen LogP contribution < -0.4 is 4.72 Å². The molecule has 0 aromatic heterocycles. The molecule has 2 aromatic rings. The number of hydrogen-bond donors (Lipinski definition) is 1. The van der Waals surface area contributed by atoms with Crippen LogP contribution >= 0.6 is 11.6 Å². The van der Waals surface area contributed by atoms with Crippen molar-refractivity contribution in [3.05, 3.63) is 65.2 Å². The fourth-order valence-corrected chi connectivity index (χ4v) is 3.59. The van der Waals surface area contributed by atoms with Crippen LogP contribution in [0.1, 0.15) is 24.9 Å². The summed E-state index contributed by atoms with van der Waals surface area (Å²) in [4.78, 5) is 12.1. The van der Waals surface area contributed by atoms with E-state index < -0.39 is 28.1 Å². The monoisotopic (exact) mass is 392 g/mol. The first-order chi connectivity index (χ1) is 12.3. The molecule has 0 bridgehead atoms. The standard InChI is InChI=1S/C18H17ClN2O4S/c1-13(12-20)25-18(22)11-17(14-7-9-15(19)10-8-14)21-26(23,24)16-5-3-2-4-6-16/h2-10,13,17,21H,11H2,1H3/t13-,17+/m0/s1. The molecule has 0 unspecified atom stereocenters. The molecule has 8 heteroatoms. The number of carbonyl (C=O) groups is 1. The maximum absolute atomic E-state index is 12.6. The van der Waals surface area contributed by atoms with Crippen molar-refractivity contribution in [1.82, 2.24) is 4.72 Å². The number of carbonyl (C=O) groups excluding carboxylic acids is 1. The fraction of sp³-hybridized carbons (Fsp3) is 0.222. The van der Waals surface area contributed by atoms with Crippen molar-refractivity contribution in [1.29, 1.82) is 5.26 Å². The summed E-state index contributed by atoms with van der Waals surface area (Å²) < 4.78 is 32.6. The van der Waals surface area contributed by atoms with E-state index in [2.05, 4.69) is 4.72 Å². The highest BCUT2D eigenvalue weighted by Crippen LogP contribution is 2.23. The van der Waals surface area contributed by atoms with Gasteiger partial charge in [0.15, 0.2) is 6.10 Å². The Labute approximate surface area is 157 Å². The summed E-state index contributed by atoms with van der Waals surface area (Å²) in [5, 5.41) is 9.23. The van der Waals surface area contributed by atoms with Gasteiger partial charge in [-0.2, -0.15) is 5.26 Å². The number of nitrogens with zero attached hydrogens (tertiary/aromatic N) is 1. The van der Waals surface area contributed by atoms with E-state index in [0.717, 1.165) is 0 Å². The summed E-state index contributed by atoms with van der Waals surface area (Å²) in [7, 11) is -3.85. The Hall–Kier alpha value is -2.40. The second-order valence-corrected chi connectivity index (χ2v) is 7.65. The van der Waals surface area contributed by atoms with E-state index in [4.69, 9.17) is 21.6 Å². The zero-order chi connectivity index (χ0) is 19.2. The summed E-state index contributed by atoms with van der Waals surface area (Å²) in [6.07, 6.45) is -1.18. The normalized spacial score (nSPS) is 13.4. The highest BCUT2D eigenvalue weighted by atomic mass is 35.5. The van der Waals surface area contributed by atoms with E-state index in [9.17, 15) is 13.2 Å². The summed E-state index contributed by atoms with van der Waals surface area (Å²) in [6, 6.07) is 15.2. The summed E-state index contributed by atoms with van der Waals surface area (Å²) >= 11 is 5.87. The number of nitrogens with one attached hydrogen (secondary N) is 1. The number of nitriles is 1. The van der Waals surface area contributed by atoms with Gasteiger partial charge in [0, 0.05) is 5.02 Å². The van der Waals surface area contributed by atoms with Crippen LogP contribution in [-0.4, -0.2) is 20.5 Å². The molecule has 0 aliphatic heterocycles. The lowest BCUT2D eigenvalue weighted by Crippen LogP contribution is -2.31. The zero-order valence-electron chi connectivity index (χ0n) is 13.9. The van der Waals surface area contributed by atoms with E-state index >= 15 is 0 Å². The largest absolute Gasteiger partial charge is 0.447 e. The molecule has 0 radical (unpaired) electrons. The van der Waals surface area contributed by atoms with Gasteiger partial charge in [-0.25, -0.2) is 13.1 Å². The smallest absolute Gasteiger partial charge is 0.309 e. The molecule has 0 saturated carbocycles. The SMILES string of the molecule is C[C@@H](C#N)OC(=O)C[C@@H](NS(=O)(=O)c1ccccc1)c1ccc(Cl)cc1. The molecule has 0 spiro atoms. The summed E-state index contributed by atoms with van der Waals surface area (Å²) in [6.45, 7) is 1.43. The van der Waals surface area contributed by atoms with Gasteiger partial charge in [-0.05, 0) is 36.8 Å². The highest BCUT2D eigenvalue weighted by Gasteiger charge is 2.25. The van der Waals surface area contributed by atoms with Crippen molar-refractivity contribution in [2.45, 2.75) is 30.4 Å². The number of esters is 1. The van der Waals surface area contributed by atoms with Gasteiger partial charge in [0.2, 0.25) is 10.0 Å². The predicted molar refractivity (Wildman–Crippen MR) is 96.7 cm³/mol. The van der Waals surface area contributed by atoms with Gasteiger partial charge in [0.1, 0.15) is 6.07 Å². The minimum atomic E-state index is -3.85. The van der Waals surface area contributed by atoms with Crippen LogP contribution in [0.5, 0.6) is 0 Å². The van der Waals surface area contributed by atoms with Crippen LogP contribution in [0.25, 0.3) is 0 Å². The predicted octanol–water partition coefficient (Wildman–Crippen LogP) is 3.20. The molecule has 6 nitrogen and oxygen atoms in total. The van der Waals surface area contributed by atoms with Gasteiger partial charge < -0.3 is 4.74 Å². The number of halogens is 1. The molecule has 2 aromatic carbocycles. The zero-order valence-corrected chi connectivity index (χ0v) is 15.5. The summed E-state index contributed by atoms with van der Waals surface area (Å²) in [5.74, 6) is -0.685. The highest BCUT2D eigenvalue weighted by molar-refractivity contribution is 7.89. The van der Waals surface area contributed by atoms with E-state index in [1.807, 2.05) is 0 Å². The van der Waals surface area contributed by atoms with Gasteiger partial charge in [-0.15, -0.1) is 0 Å². The van der Waals surface area contributed by atoms with E-state index in [1.165, 1.54) is 19.1 Å². The quantitative estimate of drug-likeness (QED) is 0.730. The fourth-order valence-electron chi connectivity index (χ4n) is 2.22.